The summed E-state index contributed by atoms with van der Waals surface area (Å²) in [4.78, 5) is 19.3. The molecule has 0 radical (unpaired) electrons. The number of nitrogens with zero attached hydrogens (tertiary/aromatic N) is 3. The van der Waals surface area contributed by atoms with Crippen LogP contribution >= 0.6 is 0 Å². The molecular formula is C20H26N4O2. The molecule has 4 rings (SSSR count). The summed E-state index contributed by atoms with van der Waals surface area (Å²) in [6.07, 6.45) is 4.63. The summed E-state index contributed by atoms with van der Waals surface area (Å²) >= 11 is 0. The average Bonchev–Trinajstić information content (AvgIpc) is 3.31. The van der Waals surface area contributed by atoms with Gasteiger partial charge in [-0.25, -0.2) is 9.78 Å². The van der Waals surface area contributed by atoms with Gasteiger partial charge >= 0.3 is 6.03 Å². The van der Waals surface area contributed by atoms with E-state index in [4.69, 9.17) is 4.74 Å². The quantitative estimate of drug-likeness (QED) is 0.918. The zero-order chi connectivity index (χ0) is 17.9. The fraction of sp³-hybridized carbons (Fsp3) is 0.500. The molecule has 3 heterocycles. The van der Waals surface area contributed by atoms with Crippen molar-refractivity contribution in [2.24, 2.45) is 5.92 Å². The van der Waals surface area contributed by atoms with E-state index in [1.807, 2.05) is 21.7 Å². The number of fused-ring (bicyclic) bond motifs is 1. The summed E-state index contributed by atoms with van der Waals surface area (Å²) in [6, 6.07) is 10.8. The van der Waals surface area contributed by atoms with Gasteiger partial charge in [0.2, 0.25) is 0 Å². The molecule has 26 heavy (non-hydrogen) atoms. The molecule has 2 aliphatic heterocycles. The highest BCUT2D eigenvalue weighted by molar-refractivity contribution is 5.75. The Kier molecular flexibility index (Phi) is 4.93. The molecule has 3 unspecified atom stereocenters. The number of urea groups is 1. The number of amides is 2. The van der Waals surface area contributed by atoms with Crippen LogP contribution in [0.25, 0.3) is 0 Å². The number of nitrogens with one attached hydrogen (secondary N) is 1. The van der Waals surface area contributed by atoms with Crippen molar-refractivity contribution >= 4 is 6.03 Å². The molecule has 0 spiro atoms. The largest absolute Gasteiger partial charge is 0.381 e. The number of rotatable bonds is 4. The van der Waals surface area contributed by atoms with E-state index < -0.39 is 0 Å². The van der Waals surface area contributed by atoms with Crippen LogP contribution in [0.4, 0.5) is 4.79 Å². The van der Waals surface area contributed by atoms with Gasteiger partial charge in [-0.2, -0.15) is 0 Å². The molecule has 3 atom stereocenters. The third-order valence-electron chi connectivity index (χ3n) is 5.70. The third kappa shape index (κ3) is 3.21. The number of hydrogen-bond acceptors (Lipinski definition) is 3. The first kappa shape index (κ1) is 17.1. The first-order valence-electron chi connectivity index (χ1n) is 9.45. The van der Waals surface area contributed by atoms with Gasteiger partial charge < -0.3 is 19.5 Å². The highest BCUT2D eigenvalue weighted by Crippen LogP contribution is 2.40. The zero-order valence-corrected chi connectivity index (χ0v) is 15.2. The van der Waals surface area contributed by atoms with E-state index >= 15 is 0 Å². The van der Waals surface area contributed by atoms with Gasteiger partial charge in [-0.1, -0.05) is 30.3 Å². The highest BCUT2D eigenvalue weighted by Gasteiger charge is 2.45. The van der Waals surface area contributed by atoms with Crippen molar-refractivity contribution in [1.82, 2.24) is 19.8 Å². The van der Waals surface area contributed by atoms with Crippen LogP contribution in [0.2, 0.25) is 0 Å². The lowest BCUT2D eigenvalue weighted by molar-refractivity contribution is 0.0261. The van der Waals surface area contributed by atoms with Gasteiger partial charge in [0.15, 0.2) is 0 Å². The monoisotopic (exact) mass is 354 g/mol. The fourth-order valence-electron chi connectivity index (χ4n) is 4.34. The van der Waals surface area contributed by atoms with Crippen LogP contribution in [-0.4, -0.2) is 46.3 Å². The first-order valence-corrected chi connectivity index (χ1v) is 9.45. The Balaban J connectivity index is 1.47. The normalized spacial score (nSPS) is 25.1. The minimum atomic E-state index is 0.00554. The summed E-state index contributed by atoms with van der Waals surface area (Å²) < 4.78 is 7.79. The summed E-state index contributed by atoms with van der Waals surface area (Å²) in [5.74, 6) is 1.60. The number of aryl methyl sites for hydroxylation is 1. The van der Waals surface area contributed by atoms with Gasteiger partial charge in [-0.3, -0.25) is 0 Å². The van der Waals surface area contributed by atoms with E-state index in [1.54, 1.807) is 6.20 Å². The van der Waals surface area contributed by atoms with E-state index in [9.17, 15) is 4.79 Å². The van der Waals surface area contributed by atoms with Crippen molar-refractivity contribution in [3.63, 3.8) is 0 Å². The predicted molar refractivity (Wildman–Crippen MR) is 98.7 cm³/mol. The molecule has 138 valence electrons. The lowest BCUT2D eigenvalue weighted by Gasteiger charge is -2.32. The Labute approximate surface area is 154 Å². The Hall–Kier alpha value is -2.34. The Bertz CT molecular complexity index is 745. The van der Waals surface area contributed by atoms with Crippen LogP contribution < -0.4 is 5.32 Å². The third-order valence-corrected chi connectivity index (χ3v) is 5.70. The number of benzene rings is 1. The second-order valence-electron chi connectivity index (χ2n) is 7.05. The Morgan fingerprint density at radius 2 is 2.19 bits per heavy atom. The van der Waals surface area contributed by atoms with Crippen molar-refractivity contribution in [3.8, 4) is 0 Å². The van der Waals surface area contributed by atoms with Crippen molar-refractivity contribution in [2.75, 3.05) is 19.8 Å². The zero-order valence-electron chi connectivity index (χ0n) is 15.2. The molecule has 6 heteroatoms. The molecule has 1 aromatic carbocycles. The maximum Gasteiger partial charge on any atom is 0.318 e. The Morgan fingerprint density at radius 1 is 1.35 bits per heavy atom. The fourth-order valence-corrected chi connectivity index (χ4v) is 4.34. The standard InChI is InChI=1S/C20H26N4O2/c1-2-23-10-9-21-19(23)12-22-20(25)24-13-16(15-6-4-3-5-7-15)17-14-26-11-8-18(17)24/h3-7,9-10,16-18H,2,8,11-14H2,1H3,(H,22,25). The lowest BCUT2D eigenvalue weighted by atomic mass is 9.84. The highest BCUT2D eigenvalue weighted by atomic mass is 16.5. The molecule has 2 aliphatic rings. The van der Waals surface area contributed by atoms with Crippen LogP contribution in [0, 0.1) is 5.92 Å². The van der Waals surface area contributed by atoms with E-state index in [1.165, 1.54) is 5.56 Å². The van der Waals surface area contributed by atoms with E-state index in [0.717, 1.165) is 38.5 Å². The molecule has 2 amide bonds. The lowest BCUT2D eigenvalue weighted by Crippen LogP contribution is -2.46. The van der Waals surface area contributed by atoms with Crippen LogP contribution in [0.1, 0.15) is 30.7 Å². The second kappa shape index (κ2) is 7.50. The molecule has 0 saturated carbocycles. The molecule has 1 N–H and O–H groups in total. The molecule has 0 aliphatic carbocycles. The van der Waals surface area contributed by atoms with Gasteiger partial charge in [-0.15, -0.1) is 0 Å². The summed E-state index contributed by atoms with van der Waals surface area (Å²) in [6.45, 7) is 5.59. The van der Waals surface area contributed by atoms with Crippen molar-refractivity contribution in [2.45, 2.75) is 38.4 Å². The van der Waals surface area contributed by atoms with Gasteiger partial charge in [-0.05, 0) is 18.9 Å². The van der Waals surface area contributed by atoms with Gasteiger partial charge in [0, 0.05) is 50.0 Å². The number of hydrogen-bond donors (Lipinski definition) is 1. The molecule has 2 saturated heterocycles. The second-order valence-corrected chi connectivity index (χ2v) is 7.05. The van der Waals surface area contributed by atoms with E-state index in [0.29, 0.717) is 18.4 Å². The number of ether oxygens (including phenoxy) is 1. The number of aromatic nitrogens is 2. The van der Waals surface area contributed by atoms with Crippen LogP contribution in [0.15, 0.2) is 42.7 Å². The van der Waals surface area contributed by atoms with Gasteiger partial charge in [0.05, 0.1) is 13.2 Å². The predicted octanol–water partition coefficient (Wildman–Crippen LogP) is 2.62. The number of imidazole rings is 1. The minimum absolute atomic E-state index is 0.00554. The van der Waals surface area contributed by atoms with Crippen LogP contribution in [0.5, 0.6) is 0 Å². The summed E-state index contributed by atoms with van der Waals surface area (Å²) in [5.41, 5.74) is 1.30. The maximum absolute atomic E-state index is 12.9. The molecule has 2 aromatic rings. The number of likely N-dealkylation sites (tertiary alicyclic amines) is 1. The number of carbonyl (C=O) groups is 1. The average molecular weight is 354 g/mol. The van der Waals surface area contributed by atoms with Crippen LogP contribution in [0.3, 0.4) is 0 Å². The summed E-state index contributed by atoms with van der Waals surface area (Å²) in [5, 5.41) is 3.07. The molecule has 1 aromatic heterocycles. The molecule has 2 fully saturated rings. The summed E-state index contributed by atoms with van der Waals surface area (Å²) in [7, 11) is 0. The molecule has 0 bridgehead atoms. The van der Waals surface area contributed by atoms with Crippen molar-refractivity contribution in [3.05, 3.63) is 54.1 Å². The van der Waals surface area contributed by atoms with Crippen LogP contribution in [-0.2, 0) is 17.8 Å². The van der Waals surface area contributed by atoms with E-state index in [2.05, 4.69) is 41.5 Å². The minimum Gasteiger partial charge on any atom is -0.381 e. The topological polar surface area (TPSA) is 59.4 Å². The van der Waals surface area contributed by atoms with Crippen molar-refractivity contribution in [1.29, 1.82) is 0 Å². The maximum atomic E-state index is 12.9. The Morgan fingerprint density at radius 3 is 3.00 bits per heavy atom. The van der Waals surface area contributed by atoms with Gasteiger partial charge in [0.1, 0.15) is 5.82 Å². The SMILES string of the molecule is CCn1ccnc1CNC(=O)N1CC(c2ccccc2)C2COCCC21. The smallest absolute Gasteiger partial charge is 0.318 e. The van der Waals surface area contributed by atoms with Gasteiger partial charge in [0.25, 0.3) is 0 Å². The van der Waals surface area contributed by atoms with E-state index in [-0.39, 0.29) is 12.1 Å². The number of carbonyl (C=O) groups excluding carboxylic acids is 1. The molecule has 6 nitrogen and oxygen atoms in total. The molecular weight excluding hydrogens is 328 g/mol. The first-order chi connectivity index (χ1) is 12.8. The van der Waals surface area contributed by atoms with Crippen molar-refractivity contribution < 1.29 is 9.53 Å².